The van der Waals surface area contributed by atoms with Gasteiger partial charge in [0.25, 0.3) is 11.0 Å². The van der Waals surface area contributed by atoms with E-state index in [9.17, 15) is 42.0 Å². The van der Waals surface area contributed by atoms with Crippen LogP contribution in [-0.2, 0) is 200 Å². The van der Waals surface area contributed by atoms with E-state index >= 15 is 0 Å². The molecule has 0 saturated carbocycles. The third-order valence-corrected chi connectivity index (χ3v) is 21.9. The molecule has 114 heavy (non-hydrogen) atoms. The minimum absolute atomic E-state index is 0.0702. The van der Waals surface area contributed by atoms with Crippen LogP contribution in [-0.4, -0.2) is 311 Å². The lowest BCUT2D eigenvalue weighted by Crippen LogP contribution is -2.60. The molecule has 0 aromatic rings. The standard InChI is InChI=1S/C49H88O55S10/c1-8-66-14-31-27(29(41(22(4)74-31)79-105-96-88-53)12-70-19-36-47(85-111-102-94-59)49(86-112-103-95-60)44(25(7)77-36)82-108-99-91-56)10-67-15-32-26(9-68-16-33-38(51)48(87-114(63,64)65)37(50)20(2)72-33)28(40(21(3)73-32)78-104-113(61)62)11-69-17-34-45(83-109-100-92-57)30(42(23(5)75-34)80-106-97-89-54)13-71-18-35-46(84-110-101-93-58)39(52)43(24(6)76-35)81-107-98-90-55/h20-60,113H,8-19H2,1-7H3,(H,63,64,65)/t20?,21?,22?,23?,24?,25?,26?,27?,28-,29-,30+,31+,32+,33+,34+,35+,36+,37-,38?,39+,40-,41-,42-,43+,44+,45?,46?,47?,48+,49+/m1/s1. The molecule has 30 atom stereocenters. The van der Waals surface area contributed by atoms with Gasteiger partial charge in [-0.3, -0.25) is 38.0 Å². The van der Waals surface area contributed by atoms with Gasteiger partial charge in [-0.1, -0.05) is 40.3 Å². The third kappa shape index (κ3) is 33.5. The van der Waals surface area contributed by atoms with E-state index in [0.29, 0.717) is 0 Å². The molecule has 55 nitrogen and oxygen atoms in total. The summed E-state index contributed by atoms with van der Waals surface area (Å²) in [6.07, 6.45) is -32.5. The van der Waals surface area contributed by atoms with Crippen molar-refractivity contribution < 1.29 is 257 Å². The molecule has 6 aliphatic heterocycles. The maximum Gasteiger partial charge on any atom is 0.397 e. The minimum Gasteiger partial charge on any atom is -0.388 e. The minimum atomic E-state index is -5.29. The first-order valence-corrected chi connectivity index (χ1v) is 40.7. The Morgan fingerprint density at radius 2 is 0.614 bits per heavy atom. The Bertz CT molecular complexity index is 2700. The van der Waals surface area contributed by atoms with Gasteiger partial charge in [0, 0.05) is 36.2 Å². The molecule has 12 unspecified atom stereocenters. The zero-order valence-electron chi connectivity index (χ0n) is 59.8. The average Bonchev–Trinajstić information content (AvgIpc) is 0.810. The van der Waals surface area contributed by atoms with Gasteiger partial charge in [-0.25, -0.2) is 59.5 Å². The van der Waals surface area contributed by atoms with Crippen LogP contribution in [0.4, 0.5) is 0 Å². The van der Waals surface area contributed by atoms with Gasteiger partial charge in [0.1, 0.15) is 104 Å². The van der Waals surface area contributed by atoms with Crippen molar-refractivity contribution in [1.29, 1.82) is 0 Å². The number of ether oxygens (including phenoxy) is 12. The number of hydrogen-bond acceptors (Lipinski definition) is 62. The Morgan fingerprint density at radius 3 is 1.06 bits per heavy atom. The summed E-state index contributed by atoms with van der Waals surface area (Å²) in [5.74, 6) is -5.11. The molecule has 0 aromatic heterocycles. The van der Waals surface area contributed by atoms with Crippen LogP contribution in [0.15, 0.2) is 0 Å². The van der Waals surface area contributed by atoms with E-state index in [-0.39, 0.29) is 125 Å². The topological polar surface area (TPSA) is 671 Å². The van der Waals surface area contributed by atoms with Crippen molar-refractivity contribution in [2.45, 2.75) is 201 Å². The first-order chi connectivity index (χ1) is 54.9. The van der Waals surface area contributed by atoms with Gasteiger partial charge in [0.2, 0.25) is 0 Å². The fourth-order valence-corrected chi connectivity index (χ4v) is 17.1. The molecule has 0 aliphatic carbocycles. The molecule has 6 rings (SSSR count). The molecule has 0 aromatic carbocycles. The number of thiol groups is 1. The summed E-state index contributed by atoms with van der Waals surface area (Å²) >= 11 is 0.968. The van der Waals surface area contributed by atoms with Crippen LogP contribution in [0.2, 0.25) is 0 Å². The predicted molar refractivity (Wildman–Crippen MR) is 363 cm³/mol. The van der Waals surface area contributed by atoms with Gasteiger partial charge >= 0.3 is 10.4 Å². The lowest BCUT2D eigenvalue weighted by molar-refractivity contribution is -0.436. The number of hydrogen-bond donors (Lipinski definition) is 13. The quantitative estimate of drug-likeness (QED) is 0.0103. The molecular formula is C49H88O55S10. The molecule has 6 fully saturated rings. The summed E-state index contributed by atoms with van der Waals surface area (Å²) in [5, 5.41) is 135. The second kappa shape index (κ2) is 57.3. The second-order valence-electron chi connectivity index (χ2n) is 24.4. The van der Waals surface area contributed by atoms with Crippen molar-refractivity contribution in [2.75, 3.05) is 79.3 Å². The Hall–Kier alpha value is 0.660. The molecule has 674 valence electrons. The van der Waals surface area contributed by atoms with E-state index in [0.717, 1.165) is 0 Å². The fraction of sp³-hybridized carbons (Fsp3) is 1.00. The Kier molecular flexibility index (Phi) is 52.0. The molecule has 12 N–H and O–H groups in total. The molecular weight excluding hydrogens is 1790 g/mol. The van der Waals surface area contributed by atoms with Crippen LogP contribution in [0.3, 0.4) is 0 Å². The Morgan fingerprint density at radius 1 is 0.307 bits per heavy atom. The molecule has 65 heteroatoms. The van der Waals surface area contributed by atoms with E-state index in [1.165, 1.54) is 34.6 Å². The monoisotopic (exact) mass is 1880 g/mol. The van der Waals surface area contributed by atoms with Gasteiger partial charge in [-0.05, 0) is 48.5 Å². The first-order valence-electron chi connectivity index (χ1n) is 32.9. The highest BCUT2D eigenvalue weighted by Gasteiger charge is 2.55. The van der Waals surface area contributed by atoms with Gasteiger partial charge in [-0.15, -0.1) is 39.0 Å². The first kappa shape index (κ1) is 103. The largest absolute Gasteiger partial charge is 0.397 e. The van der Waals surface area contributed by atoms with E-state index in [1.807, 2.05) is 0 Å². The zero-order chi connectivity index (χ0) is 83.1. The van der Waals surface area contributed by atoms with Crippen molar-refractivity contribution in [3.63, 3.8) is 0 Å². The maximum atomic E-state index is 12.2. The third-order valence-electron chi connectivity index (χ3n) is 17.9. The lowest BCUT2D eigenvalue weighted by atomic mass is 9.79. The highest BCUT2D eigenvalue weighted by atomic mass is 32.3. The average molecular weight is 1880 g/mol. The van der Waals surface area contributed by atoms with Crippen LogP contribution in [0.1, 0.15) is 48.5 Å². The molecule has 6 heterocycles. The summed E-state index contributed by atoms with van der Waals surface area (Å²) in [7, 11) is -9.05. The van der Waals surface area contributed by atoms with Crippen molar-refractivity contribution in [3.8, 4) is 0 Å². The summed E-state index contributed by atoms with van der Waals surface area (Å²) in [4.78, 5) is 5.59. The van der Waals surface area contributed by atoms with Crippen LogP contribution in [0.25, 0.3) is 0 Å². The number of aliphatic hydroxyl groups excluding tert-OH is 3. The van der Waals surface area contributed by atoms with Gasteiger partial charge in [0.15, 0.2) is 98.6 Å². The molecule has 0 bridgehead atoms. The number of aliphatic hydroxyl groups is 3. The zero-order valence-corrected chi connectivity index (χ0v) is 68.1. The molecule has 0 amide bonds. The summed E-state index contributed by atoms with van der Waals surface area (Å²) in [6, 6.07) is 0. The van der Waals surface area contributed by atoms with Crippen LogP contribution < -0.4 is 0 Å². The normalized spacial score (nSPS) is 36.5. The second-order valence-corrected chi connectivity index (χ2v) is 29.8. The van der Waals surface area contributed by atoms with Crippen molar-refractivity contribution in [1.82, 2.24) is 0 Å². The van der Waals surface area contributed by atoms with E-state index in [2.05, 4.69) is 79.2 Å². The molecule has 0 radical (unpaired) electrons. The lowest BCUT2D eigenvalue weighted by Gasteiger charge is -2.47. The van der Waals surface area contributed by atoms with E-state index in [4.69, 9.17) is 136 Å². The SMILES string of the molecule is CCOC[C@@H]1OC(C)[C@@H](OSOOO)[C@H](COC[C@@H]2OC(C)[C@H](OSOOO)[C@H](OSOOO)C2OSOOO)C1COC[C@@H]1OC(C)[C@@H](OO[SH](=O)=O)[C@H](COC[C@@H]2OC(C)[C@@H](OSOOO)[C@H](COC[C@@H]3OC(C)[C@H](OSOOO)[C@H](O)C3OSOOO)C2OSOOO)C1COC[C@@H]1OC(C)[C@@H](O)[C@H](OS(=O)(=O)O)C1O. The maximum absolute atomic E-state index is 12.2. The van der Waals surface area contributed by atoms with Crippen LogP contribution in [0.5, 0.6) is 0 Å². The fourth-order valence-electron chi connectivity index (χ4n) is 13.1. The van der Waals surface area contributed by atoms with Gasteiger partial charge < -0.3 is 72.2 Å². The Balaban J connectivity index is 1.34. The molecule has 0 spiro atoms. The highest BCUT2D eigenvalue weighted by Crippen LogP contribution is 2.43. The number of rotatable bonds is 60. The highest BCUT2D eigenvalue weighted by molar-refractivity contribution is 7.91. The van der Waals surface area contributed by atoms with E-state index in [1.54, 1.807) is 13.8 Å². The predicted octanol–water partition coefficient (Wildman–Crippen LogP) is 1.98. The summed E-state index contributed by atoms with van der Waals surface area (Å²) < 4.78 is 224. The smallest absolute Gasteiger partial charge is 0.388 e. The molecule has 6 saturated heterocycles. The van der Waals surface area contributed by atoms with Gasteiger partial charge in [-0.2, -0.15) is 8.42 Å². The van der Waals surface area contributed by atoms with Gasteiger partial charge in [0.05, 0.1) is 122 Å². The van der Waals surface area contributed by atoms with Crippen molar-refractivity contribution in [3.05, 3.63) is 0 Å². The summed E-state index contributed by atoms with van der Waals surface area (Å²) in [5.41, 5.74) is 0. The van der Waals surface area contributed by atoms with Crippen LogP contribution >= 0.6 is 98.6 Å². The molecule has 6 aliphatic rings. The Labute approximate surface area is 683 Å². The van der Waals surface area contributed by atoms with Crippen molar-refractivity contribution in [2.24, 2.45) is 29.6 Å². The van der Waals surface area contributed by atoms with Crippen LogP contribution in [0, 0.1) is 29.6 Å². The summed E-state index contributed by atoms with van der Waals surface area (Å²) in [6.45, 7) is 6.40. The van der Waals surface area contributed by atoms with E-state index < -0.39 is 256 Å². The van der Waals surface area contributed by atoms with Crippen molar-refractivity contribution >= 4 is 120 Å².